The first kappa shape index (κ1) is 18.4. The number of piperazine rings is 1. The van der Waals surface area contributed by atoms with E-state index in [-0.39, 0.29) is 0 Å². The number of rotatable bonds is 4. The molecule has 146 valence electrons. The molecule has 7 heteroatoms. The Morgan fingerprint density at radius 3 is 2.39 bits per heavy atom. The van der Waals surface area contributed by atoms with Crippen LogP contribution in [0.1, 0.15) is 11.5 Å². The number of hydrogen-bond donors (Lipinski definition) is 0. The lowest BCUT2D eigenvalue weighted by Gasteiger charge is -2.32. The zero-order chi connectivity index (χ0) is 19.7. The fourth-order valence-corrected chi connectivity index (χ4v) is 3.55. The topological polar surface area (TPSA) is 67.5 Å². The average Bonchev–Trinajstić information content (AvgIpc) is 3.06. The van der Waals surface area contributed by atoms with E-state index in [9.17, 15) is 0 Å². The molecule has 1 aliphatic rings. The maximum absolute atomic E-state index is 5.57. The van der Waals surface area contributed by atoms with E-state index in [1.54, 1.807) is 7.11 Å². The van der Waals surface area contributed by atoms with Crippen molar-refractivity contribution in [3.8, 4) is 28.3 Å². The van der Waals surface area contributed by atoms with Crippen molar-refractivity contribution in [2.75, 3.05) is 45.2 Å². The van der Waals surface area contributed by atoms with Crippen molar-refractivity contribution in [2.24, 2.45) is 0 Å². The van der Waals surface area contributed by atoms with E-state index in [1.165, 1.54) is 0 Å². The molecule has 0 bridgehead atoms. The Morgan fingerprint density at radius 2 is 1.71 bits per heavy atom. The van der Waals surface area contributed by atoms with Crippen LogP contribution in [0.5, 0.6) is 5.75 Å². The van der Waals surface area contributed by atoms with Crippen molar-refractivity contribution in [2.45, 2.75) is 13.8 Å². The van der Waals surface area contributed by atoms with Crippen molar-refractivity contribution in [1.29, 1.82) is 0 Å². The van der Waals surface area contributed by atoms with Crippen molar-refractivity contribution in [3.63, 3.8) is 0 Å². The minimum atomic E-state index is 0.728. The number of likely N-dealkylation sites (N-methyl/N-ethyl adjacent to an activating group) is 1. The zero-order valence-electron chi connectivity index (χ0n) is 16.8. The van der Waals surface area contributed by atoms with Gasteiger partial charge in [-0.2, -0.15) is 0 Å². The molecule has 1 aromatic carbocycles. The Bertz CT molecular complexity index is 957. The first-order chi connectivity index (χ1) is 13.6. The molecule has 0 unspecified atom stereocenters. The van der Waals surface area contributed by atoms with Crippen LogP contribution in [-0.2, 0) is 0 Å². The monoisotopic (exact) mass is 379 g/mol. The molecule has 0 N–H and O–H groups in total. The van der Waals surface area contributed by atoms with Gasteiger partial charge in [-0.05, 0) is 39.1 Å². The molecule has 2 aromatic heterocycles. The van der Waals surface area contributed by atoms with Gasteiger partial charge in [-0.3, -0.25) is 0 Å². The van der Waals surface area contributed by atoms with Gasteiger partial charge in [-0.1, -0.05) is 17.3 Å². The predicted octanol–water partition coefficient (Wildman–Crippen LogP) is 3.18. The molecule has 0 amide bonds. The Morgan fingerprint density at radius 1 is 1.00 bits per heavy atom. The van der Waals surface area contributed by atoms with Gasteiger partial charge in [0.05, 0.1) is 29.8 Å². The lowest BCUT2D eigenvalue weighted by Crippen LogP contribution is -2.45. The molecule has 0 aliphatic carbocycles. The van der Waals surface area contributed by atoms with Gasteiger partial charge in [0, 0.05) is 31.7 Å². The molecule has 4 rings (SSSR count). The second-order valence-corrected chi connectivity index (χ2v) is 7.13. The molecule has 0 atom stereocenters. The second-order valence-electron chi connectivity index (χ2n) is 7.13. The molecule has 0 spiro atoms. The smallest absolute Gasteiger partial charge is 0.226 e. The van der Waals surface area contributed by atoms with Crippen molar-refractivity contribution in [1.82, 2.24) is 20.0 Å². The van der Waals surface area contributed by atoms with Gasteiger partial charge in [0.25, 0.3) is 0 Å². The van der Waals surface area contributed by atoms with Crippen LogP contribution in [0.15, 0.2) is 34.9 Å². The maximum atomic E-state index is 5.57. The highest BCUT2D eigenvalue weighted by Gasteiger charge is 2.22. The highest BCUT2D eigenvalue weighted by atomic mass is 16.5. The molecular formula is C21H25N5O2. The van der Waals surface area contributed by atoms with Crippen LogP contribution in [0, 0.1) is 13.8 Å². The average molecular weight is 379 g/mol. The first-order valence-corrected chi connectivity index (χ1v) is 9.46. The summed E-state index contributed by atoms with van der Waals surface area (Å²) in [6.45, 7) is 7.62. The van der Waals surface area contributed by atoms with Gasteiger partial charge in [0.2, 0.25) is 5.95 Å². The summed E-state index contributed by atoms with van der Waals surface area (Å²) in [5, 5.41) is 4.10. The lowest BCUT2D eigenvalue weighted by atomic mass is 10.1. The standard InChI is InChI=1S/C21H25N5O2/c1-14-20(15(2)28-24-14)18-13-17(16-7-5-6-8-19(16)27-4)22-21(23-18)26-11-9-25(3)10-12-26/h5-8,13H,9-12H2,1-4H3. The Balaban J connectivity index is 1.86. The highest BCUT2D eigenvalue weighted by Crippen LogP contribution is 2.34. The van der Waals surface area contributed by atoms with Crippen LogP contribution in [0.3, 0.4) is 0 Å². The highest BCUT2D eigenvalue weighted by molar-refractivity contribution is 5.74. The van der Waals surface area contributed by atoms with E-state index < -0.39 is 0 Å². The molecular weight excluding hydrogens is 354 g/mol. The molecule has 1 saturated heterocycles. The summed E-state index contributed by atoms with van der Waals surface area (Å²) >= 11 is 0. The third kappa shape index (κ3) is 3.45. The van der Waals surface area contributed by atoms with E-state index in [0.29, 0.717) is 0 Å². The molecule has 28 heavy (non-hydrogen) atoms. The minimum absolute atomic E-state index is 0.728. The first-order valence-electron chi connectivity index (χ1n) is 9.46. The molecule has 0 radical (unpaired) electrons. The van der Waals surface area contributed by atoms with Gasteiger partial charge >= 0.3 is 0 Å². The molecule has 0 saturated carbocycles. The normalized spacial score (nSPS) is 15.1. The number of benzene rings is 1. The summed E-state index contributed by atoms with van der Waals surface area (Å²) in [5.74, 6) is 2.27. The van der Waals surface area contributed by atoms with Crippen molar-refractivity contribution < 1.29 is 9.26 Å². The largest absolute Gasteiger partial charge is 0.496 e. The van der Waals surface area contributed by atoms with E-state index in [1.807, 2.05) is 44.2 Å². The number of aryl methyl sites for hydroxylation is 2. The van der Waals surface area contributed by atoms with E-state index in [0.717, 1.165) is 71.8 Å². The van der Waals surface area contributed by atoms with Crippen LogP contribution < -0.4 is 9.64 Å². The summed E-state index contributed by atoms with van der Waals surface area (Å²) in [5.41, 5.74) is 4.34. The molecule has 3 heterocycles. The number of ether oxygens (including phenoxy) is 1. The van der Waals surface area contributed by atoms with Gasteiger partial charge in [-0.25, -0.2) is 9.97 Å². The molecule has 1 aliphatic heterocycles. The third-order valence-electron chi connectivity index (χ3n) is 5.17. The van der Waals surface area contributed by atoms with Crippen LogP contribution in [0.25, 0.3) is 22.5 Å². The summed E-state index contributed by atoms with van der Waals surface area (Å²) in [6.07, 6.45) is 0. The summed E-state index contributed by atoms with van der Waals surface area (Å²) in [6, 6.07) is 9.91. The van der Waals surface area contributed by atoms with E-state index in [2.05, 4.69) is 22.0 Å². The van der Waals surface area contributed by atoms with Crippen LogP contribution in [-0.4, -0.2) is 60.4 Å². The number of para-hydroxylation sites is 1. The van der Waals surface area contributed by atoms with Gasteiger partial charge in [0.15, 0.2) is 0 Å². The van der Waals surface area contributed by atoms with Crippen LogP contribution in [0.2, 0.25) is 0 Å². The van der Waals surface area contributed by atoms with Gasteiger partial charge in [-0.15, -0.1) is 0 Å². The van der Waals surface area contributed by atoms with Gasteiger partial charge in [0.1, 0.15) is 11.5 Å². The SMILES string of the molecule is COc1ccccc1-c1cc(-c2c(C)noc2C)nc(N2CCN(C)CC2)n1. The summed E-state index contributed by atoms with van der Waals surface area (Å²) in [4.78, 5) is 14.3. The Kier molecular flexibility index (Phi) is 5.00. The van der Waals surface area contributed by atoms with Crippen molar-refractivity contribution in [3.05, 3.63) is 41.8 Å². The lowest BCUT2D eigenvalue weighted by molar-refractivity contribution is 0.311. The fraction of sp³-hybridized carbons (Fsp3) is 0.381. The summed E-state index contributed by atoms with van der Waals surface area (Å²) < 4.78 is 10.9. The van der Waals surface area contributed by atoms with Gasteiger partial charge < -0.3 is 19.1 Å². The minimum Gasteiger partial charge on any atom is -0.496 e. The van der Waals surface area contributed by atoms with Crippen molar-refractivity contribution >= 4 is 5.95 Å². The predicted molar refractivity (Wildman–Crippen MR) is 109 cm³/mol. The quantitative estimate of drug-likeness (QED) is 0.690. The molecule has 1 fully saturated rings. The van der Waals surface area contributed by atoms with Crippen LogP contribution in [0.4, 0.5) is 5.95 Å². The third-order valence-corrected chi connectivity index (χ3v) is 5.17. The summed E-state index contributed by atoms with van der Waals surface area (Å²) in [7, 11) is 3.81. The zero-order valence-corrected chi connectivity index (χ0v) is 16.8. The number of methoxy groups -OCH3 is 1. The Hall–Kier alpha value is -2.93. The number of hydrogen-bond acceptors (Lipinski definition) is 7. The number of aromatic nitrogens is 3. The number of nitrogens with zero attached hydrogens (tertiary/aromatic N) is 5. The molecule has 3 aromatic rings. The molecule has 7 nitrogen and oxygen atoms in total. The fourth-order valence-electron chi connectivity index (χ4n) is 3.55. The van der Waals surface area contributed by atoms with E-state index in [4.69, 9.17) is 19.2 Å². The van der Waals surface area contributed by atoms with E-state index >= 15 is 0 Å². The number of anilines is 1. The van der Waals surface area contributed by atoms with Crippen LogP contribution >= 0.6 is 0 Å². The maximum Gasteiger partial charge on any atom is 0.226 e. The Labute approximate surface area is 164 Å². The second kappa shape index (κ2) is 7.59.